The van der Waals surface area contributed by atoms with Crippen molar-refractivity contribution in [1.29, 1.82) is 0 Å². The van der Waals surface area contributed by atoms with Gasteiger partial charge in [-0.15, -0.1) is 0 Å². The number of nitrogens with zero attached hydrogens (tertiary/aromatic N) is 2. The molecule has 9 heteroatoms. The van der Waals surface area contributed by atoms with Gasteiger partial charge in [-0.05, 0) is 18.2 Å². The third-order valence-electron chi connectivity index (χ3n) is 3.33. The lowest BCUT2D eigenvalue weighted by molar-refractivity contribution is 0.0168. The van der Waals surface area contributed by atoms with E-state index in [0.29, 0.717) is 15.8 Å². The van der Waals surface area contributed by atoms with Gasteiger partial charge in [0.15, 0.2) is 0 Å². The minimum absolute atomic E-state index is 0.0385. The fourth-order valence-corrected chi connectivity index (χ4v) is 2.53. The lowest BCUT2D eigenvalue weighted by Gasteiger charge is -2.13. The van der Waals surface area contributed by atoms with Crippen LogP contribution < -0.4 is 10.8 Å². The number of nitrogens with one attached hydrogen (secondary N) is 2. The quantitative estimate of drug-likeness (QED) is 0.431. The fraction of sp³-hybridized carbons (Fsp3) is 0.125. The van der Waals surface area contributed by atoms with E-state index in [-0.39, 0.29) is 24.5 Å². The Bertz CT molecular complexity index is 916. The topological polar surface area (TPSA) is 87.9 Å². The van der Waals surface area contributed by atoms with Crippen molar-refractivity contribution >= 4 is 38.9 Å². The molecular weight excluding hydrogens is 395 g/mol. The number of carbonyl (C=O) groups excluding carboxylic acids is 1. The van der Waals surface area contributed by atoms with Crippen molar-refractivity contribution in [3.8, 4) is 0 Å². The molecule has 0 radical (unpaired) electrons. The van der Waals surface area contributed by atoms with Crippen LogP contribution in [0.25, 0.3) is 5.65 Å². The van der Waals surface area contributed by atoms with Gasteiger partial charge in [0.1, 0.15) is 11.5 Å². The Kier molecular flexibility index (Phi) is 5.27. The zero-order valence-corrected chi connectivity index (χ0v) is 14.5. The molecule has 0 bridgehead atoms. The Morgan fingerprint density at radius 3 is 2.96 bits per heavy atom. The number of hydrogen-bond acceptors (Lipinski definition) is 5. The number of aromatic nitrogens is 2. The van der Waals surface area contributed by atoms with E-state index < -0.39 is 11.7 Å². The normalized spacial score (nSPS) is 10.8. The highest BCUT2D eigenvalue weighted by atomic mass is 79.9. The number of hydroxylamine groups is 1. The van der Waals surface area contributed by atoms with Crippen LogP contribution in [0.5, 0.6) is 0 Å². The number of pyridine rings is 1. The van der Waals surface area contributed by atoms with Crippen LogP contribution >= 0.6 is 15.9 Å². The highest BCUT2D eigenvalue weighted by Crippen LogP contribution is 2.26. The van der Waals surface area contributed by atoms with Gasteiger partial charge in [0.05, 0.1) is 30.2 Å². The van der Waals surface area contributed by atoms with Crippen LogP contribution in [0.15, 0.2) is 47.3 Å². The first-order chi connectivity index (χ1) is 12.1. The molecule has 0 saturated carbocycles. The monoisotopic (exact) mass is 408 g/mol. The summed E-state index contributed by atoms with van der Waals surface area (Å²) < 4.78 is 16.4. The Labute approximate surface area is 150 Å². The molecule has 0 unspecified atom stereocenters. The highest BCUT2D eigenvalue weighted by molar-refractivity contribution is 9.10. The summed E-state index contributed by atoms with van der Waals surface area (Å²) in [5, 5.41) is 11.6. The number of fused-ring (bicyclic) bond motifs is 1. The summed E-state index contributed by atoms with van der Waals surface area (Å²) in [5.74, 6) is -1.01. The van der Waals surface area contributed by atoms with Crippen LogP contribution in [0.1, 0.15) is 10.4 Å². The lowest BCUT2D eigenvalue weighted by Crippen LogP contribution is -2.26. The van der Waals surface area contributed by atoms with Crippen LogP contribution in [-0.2, 0) is 4.84 Å². The molecule has 3 N–H and O–H groups in total. The smallest absolute Gasteiger partial charge is 0.278 e. The van der Waals surface area contributed by atoms with Crippen molar-refractivity contribution in [3.05, 3.63) is 58.7 Å². The molecule has 0 atom stereocenters. The van der Waals surface area contributed by atoms with E-state index in [9.17, 15) is 9.18 Å². The van der Waals surface area contributed by atoms with Crippen LogP contribution in [0.4, 0.5) is 15.8 Å². The van der Waals surface area contributed by atoms with Gasteiger partial charge in [0.25, 0.3) is 5.91 Å². The first-order valence-electron chi connectivity index (χ1n) is 7.30. The molecule has 130 valence electrons. The highest BCUT2D eigenvalue weighted by Gasteiger charge is 2.15. The molecule has 0 aliphatic heterocycles. The molecule has 0 aliphatic carbocycles. The maximum absolute atomic E-state index is 14.1. The van der Waals surface area contributed by atoms with Crippen molar-refractivity contribution in [2.45, 2.75) is 0 Å². The van der Waals surface area contributed by atoms with Gasteiger partial charge >= 0.3 is 0 Å². The van der Waals surface area contributed by atoms with E-state index in [0.717, 1.165) is 0 Å². The second kappa shape index (κ2) is 7.60. The van der Waals surface area contributed by atoms with Crippen LogP contribution in [0.2, 0.25) is 0 Å². The fourth-order valence-electron chi connectivity index (χ4n) is 2.20. The molecule has 3 aromatic rings. The summed E-state index contributed by atoms with van der Waals surface area (Å²) in [6, 6.07) is 6.19. The largest absolute Gasteiger partial charge is 0.394 e. The molecule has 0 spiro atoms. The molecule has 2 aromatic heterocycles. The zero-order valence-electron chi connectivity index (χ0n) is 12.9. The molecule has 2 heterocycles. The summed E-state index contributed by atoms with van der Waals surface area (Å²) in [7, 11) is 0. The molecule has 0 saturated heterocycles. The van der Waals surface area contributed by atoms with E-state index in [2.05, 4.69) is 31.7 Å². The molecule has 1 aromatic carbocycles. The van der Waals surface area contributed by atoms with E-state index >= 15 is 0 Å². The van der Waals surface area contributed by atoms with Gasteiger partial charge < -0.3 is 14.8 Å². The summed E-state index contributed by atoms with van der Waals surface area (Å²) in [5.41, 5.74) is 3.63. The third kappa shape index (κ3) is 3.95. The Morgan fingerprint density at radius 1 is 1.36 bits per heavy atom. The summed E-state index contributed by atoms with van der Waals surface area (Å²) >= 11 is 3.20. The molecule has 0 aliphatic rings. The predicted molar refractivity (Wildman–Crippen MR) is 93.1 cm³/mol. The Hall–Kier alpha value is -2.49. The van der Waals surface area contributed by atoms with Crippen molar-refractivity contribution in [2.75, 3.05) is 18.5 Å². The minimum atomic E-state index is -0.538. The molecule has 25 heavy (non-hydrogen) atoms. The van der Waals surface area contributed by atoms with Gasteiger partial charge in [0, 0.05) is 29.1 Å². The van der Waals surface area contributed by atoms with E-state index in [4.69, 9.17) is 9.94 Å². The number of hydrogen-bond donors (Lipinski definition) is 3. The van der Waals surface area contributed by atoms with Crippen LogP contribution in [0, 0.1) is 5.82 Å². The third-order valence-corrected chi connectivity index (χ3v) is 3.83. The lowest BCUT2D eigenvalue weighted by atomic mass is 10.2. The van der Waals surface area contributed by atoms with Crippen LogP contribution in [0.3, 0.4) is 0 Å². The maximum Gasteiger partial charge on any atom is 0.278 e. The van der Waals surface area contributed by atoms with Crippen molar-refractivity contribution in [3.63, 3.8) is 0 Å². The van der Waals surface area contributed by atoms with Crippen molar-refractivity contribution < 1.29 is 19.1 Å². The van der Waals surface area contributed by atoms with Gasteiger partial charge in [0.2, 0.25) is 0 Å². The van der Waals surface area contributed by atoms with Crippen LogP contribution in [-0.4, -0.2) is 33.6 Å². The first-order valence-corrected chi connectivity index (χ1v) is 8.09. The number of rotatable bonds is 6. The number of anilines is 2. The van der Waals surface area contributed by atoms with Gasteiger partial charge in [-0.3, -0.25) is 9.63 Å². The number of imidazole rings is 1. The summed E-state index contributed by atoms with van der Waals surface area (Å²) in [4.78, 5) is 21.4. The number of halogens is 2. The Balaban J connectivity index is 1.96. The Morgan fingerprint density at radius 2 is 2.20 bits per heavy atom. The average molecular weight is 409 g/mol. The molecular formula is C16H14BrFN4O3. The standard InChI is InChI=1S/C16H14BrFN4O3/c17-10-1-2-13(12(18)7-10)20-14-8-15-19-3-4-22(15)9-11(14)16(24)21-25-6-5-23/h1-4,7-9,20,23H,5-6H2,(H,21,24). The van der Waals surface area contributed by atoms with E-state index in [1.54, 1.807) is 41.2 Å². The van der Waals surface area contributed by atoms with Gasteiger partial charge in [-0.2, -0.15) is 0 Å². The number of benzene rings is 1. The zero-order chi connectivity index (χ0) is 17.8. The number of carbonyl (C=O) groups is 1. The second-order valence-corrected chi connectivity index (χ2v) is 5.96. The number of aliphatic hydroxyl groups is 1. The average Bonchev–Trinajstić information content (AvgIpc) is 3.04. The molecule has 0 fully saturated rings. The first kappa shape index (κ1) is 17.3. The van der Waals surface area contributed by atoms with Crippen molar-refractivity contribution in [2.24, 2.45) is 0 Å². The summed E-state index contributed by atoms with van der Waals surface area (Å²) in [6.45, 7) is -0.265. The molecule has 3 rings (SSSR count). The molecule has 1 amide bonds. The van der Waals surface area contributed by atoms with Gasteiger partial charge in [-0.1, -0.05) is 15.9 Å². The minimum Gasteiger partial charge on any atom is -0.394 e. The summed E-state index contributed by atoms with van der Waals surface area (Å²) in [6.07, 6.45) is 4.83. The number of aliphatic hydroxyl groups excluding tert-OH is 1. The van der Waals surface area contributed by atoms with E-state index in [1.165, 1.54) is 6.07 Å². The van der Waals surface area contributed by atoms with Crippen molar-refractivity contribution in [1.82, 2.24) is 14.9 Å². The SMILES string of the molecule is O=C(NOCCO)c1cn2ccnc2cc1Nc1ccc(Br)cc1F. The molecule has 7 nitrogen and oxygen atoms in total. The number of amides is 1. The second-order valence-electron chi connectivity index (χ2n) is 5.05. The predicted octanol–water partition coefficient (Wildman–Crippen LogP) is 2.63. The maximum atomic E-state index is 14.1. The van der Waals surface area contributed by atoms with Gasteiger partial charge in [-0.25, -0.2) is 14.9 Å². The van der Waals surface area contributed by atoms with E-state index in [1.807, 2.05) is 0 Å².